The number of aryl methyl sites for hydroxylation is 1. The Morgan fingerprint density at radius 1 is 1.18 bits per heavy atom. The third-order valence-electron chi connectivity index (χ3n) is 5.27. The van der Waals surface area contributed by atoms with E-state index in [4.69, 9.17) is 4.42 Å². The fourth-order valence-electron chi connectivity index (χ4n) is 3.58. The summed E-state index contributed by atoms with van der Waals surface area (Å²) >= 11 is 2.94. The highest BCUT2D eigenvalue weighted by Gasteiger charge is 2.52. The first-order valence-electron chi connectivity index (χ1n) is 9.64. The van der Waals surface area contributed by atoms with Crippen molar-refractivity contribution in [3.63, 3.8) is 0 Å². The highest BCUT2D eigenvalue weighted by atomic mass is 79.9. The molecule has 0 saturated carbocycles. The van der Waals surface area contributed by atoms with Gasteiger partial charge >= 0.3 is 12.1 Å². The molecule has 1 heterocycles. The maximum Gasteiger partial charge on any atom is 0.573 e. The topological polar surface area (TPSA) is 106 Å². The number of ether oxygens (including phenoxy) is 1. The largest absolute Gasteiger partial charge is 0.573 e. The van der Waals surface area contributed by atoms with Crippen molar-refractivity contribution in [2.75, 3.05) is 0 Å². The summed E-state index contributed by atoms with van der Waals surface area (Å²) in [7, 11) is -4.90. The number of halogens is 5. The summed E-state index contributed by atoms with van der Waals surface area (Å²) in [4.78, 5) is 10.9. The van der Waals surface area contributed by atoms with Gasteiger partial charge in [0.1, 0.15) is 16.5 Å². The summed E-state index contributed by atoms with van der Waals surface area (Å²) in [5, 5.41) is 5.75. The maximum atomic E-state index is 15.3. The zero-order chi connectivity index (χ0) is 25.5. The van der Waals surface area contributed by atoms with Gasteiger partial charge in [0.2, 0.25) is 5.89 Å². The fraction of sp³-hybridized carbons (Fsp3) is 0.300. The van der Waals surface area contributed by atoms with Gasteiger partial charge in [-0.2, -0.15) is 0 Å². The number of benzene rings is 2. The van der Waals surface area contributed by atoms with E-state index < -0.39 is 50.0 Å². The molecule has 0 fully saturated rings. The Morgan fingerprint density at radius 2 is 1.82 bits per heavy atom. The molecule has 3 rings (SSSR count). The van der Waals surface area contributed by atoms with E-state index in [1.54, 1.807) is 6.92 Å². The van der Waals surface area contributed by atoms with Gasteiger partial charge in [0, 0.05) is 21.7 Å². The van der Waals surface area contributed by atoms with Crippen LogP contribution in [0, 0.1) is 19.7 Å². The number of hydrogen-bond acceptors (Lipinski definition) is 6. The third-order valence-corrected chi connectivity index (χ3v) is 8.64. The quantitative estimate of drug-likeness (QED) is 0.328. The van der Waals surface area contributed by atoms with Crippen molar-refractivity contribution < 1.29 is 35.1 Å². The van der Waals surface area contributed by atoms with Crippen molar-refractivity contribution in [1.82, 2.24) is 13.5 Å². The average molecular weight is 568 g/mol. The SMILES string of the molecule is CCC(c1n[nH]c(=O)o1)(c1c(F)ccc(C)c1C)N(Br)S(=O)(=O)c1ccccc1OC(F)(F)F. The van der Waals surface area contributed by atoms with Crippen LogP contribution in [0.3, 0.4) is 0 Å². The molecule has 3 aromatic rings. The number of sulfonamides is 1. The zero-order valence-electron chi connectivity index (χ0n) is 17.9. The first-order valence-corrected chi connectivity index (χ1v) is 11.8. The van der Waals surface area contributed by atoms with Crippen LogP contribution in [0.1, 0.15) is 35.9 Å². The van der Waals surface area contributed by atoms with Crippen molar-refractivity contribution in [2.24, 2.45) is 0 Å². The smallest absolute Gasteiger partial charge is 0.404 e. The molecule has 1 aromatic heterocycles. The van der Waals surface area contributed by atoms with Crippen LogP contribution in [0.5, 0.6) is 5.75 Å². The number of alkyl halides is 3. The second kappa shape index (κ2) is 9.15. The van der Waals surface area contributed by atoms with Crippen molar-refractivity contribution in [3.8, 4) is 5.75 Å². The first kappa shape index (κ1) is 25.9. The minimum Gasteiger partial charge on any atom is -0.404 e. The van der Waals surface area contributed by atoms with Gasteiger partial charge in [-0.15, -0.1) is 21.6 Å². The molecule has 0 bridgehead atoms. The lowest BCUT2D eigenvalue weighted by molar-refractivity contribution is -0.275. The molecular formula is C20H18BrF4N3O5S. The van der Waals surface area contributed by atoms with E-state index in [0.29, 0.717) is 14.5 Å². The van der Waals surface area contributed by atoms with E-state index in [0.717, 1.165) is 24.3 Å². The van der Waals surface area contributed by atoms with Gasteiger partial charge in [-0.1, -0.05) is 25.1 Å². The number of aromatic amines is 1. The van der Waals surface area contributed by atoms with E-state index in [1.165, 1.54) is 26.0 Å². The second-order valence-corrected chi connectivity index (χ2v) is 10.1. The Kier molecular flexibility index (Phi) is 6.97. The van der Waals surface area contributed by atoms with Crippen molar-refractivity contribution in [2.45, 2.75) is 44.0 Å². The van der Waals surface area contributed by atoms with Gasteiger partial charge in [0.15, 0.2) is 5.54 Å². The molecule has 8 nitrogen and oxygen atoms in total. The highest BCUT2D eigenvalue weighted by Crippen LogP contribution is 2.47. The van der Waals surface area contributed by atoms with Gasteiger partial charge in [0.05, 0.1) is 0 Å². The summed E-state index contributed by atoms with van der Waals surface area (Å²) in [5.74, 6) is -3.43. The summed E-state index contributed by atoms with van der Waals surface area (Å²) in [6, 6.07) is 6.63. The van der Waals surface area contributed by atoms with Crippen LogP contribution < -0.4 is 10.5 Å². The van der Waals surface area contributed by atoms with Crippen molar-refractivity contribution in [1.29, 1.82) is 0 Å². The van der Waals surface area contributed by atoms with Crippen LogP contribution in [0.15, 0.2) is 50.5 Å². The first-order chi connectivity index (χ1) is 15.8. The van der Waals surface area contributed by atoms with Crippen molar-refractivity contribution in [3.05, 3.63) is 75.3 Å². The second-order valence-electron chi connectivity index (χ2n) is 7.21. The van der Waals surface area contributed by atoms with Crippen LogP contribution >= 0.6 is 16.1 Å². The summed E-state index contributed by atoms with van der Waals surface area (Å²) in [6.45, 7) is 4.65. The Balaban J connectivity index is 2.36. The lowest BCUT2D eigenvalue weighted by Gasteiger charge is -2.37. The molecule has 14 heteroatoms. The minimum absolute atomic E-state index is 0.208. The van der Waals surface area contributed by atoms with Gasteiger partial charge in [-0.25, -0.2) is 22.7 Å². The van der Waals surface area contributed by atoms with E-state index >= 15 is 4.39 Å². The molecule has 0 aliphatic carbocycles. The third kappa shape index (κ3) is 4.49. The average Bonchev–Trinajstić information content (AvgIpc) is 3.19. The Morgan fingerprint density at radius 3 is 2.38 bits per heavy atom. The van der Waals surface area contributed by atoms with E-state index in [2.05, 4.69) is 26.0 Å². The molecule has 0 radical (unpaired) electrons. The predicted molar refractivity (Wildman–Crippen MR) is 115 cm³/mol. The van der Waals surface area contributed by atoms with E-state index in [9.17, 15) is 26.4 Å². The molecule has 1 unspecified atom stereocenters. The van der Waals surface area contributed by atoms with Gasteiger partial charge in [-0.05, 0) is 49.6 Å². The molecule has 1 N–H and O–H groups in total. The number of hydrogen-bond donors (Lipinski definition) is 1. The lowest BCUT2D eigenvalue weighted by atomic mass is 9.83. The molecule has 0 saturated heterocycles. The molecule has 1 atom stereocenters. The van der Waals surface area contributed by atoms with Crippen molar-refractivity contribution >= 4 is 26.2 Å². The lowest BCUT2D eigenvalue weighted by Crippen LogP contribution is -2.46. The van der Waals surface area contributed by atoms with Crippen LogP contribution in [-0.4, -0.2) is 28.3 Å². The molecule has 184 valence electrons. The fourth-order valence-corrected chi connectivity index (χ4v) is 6.13. The number of rotatable bonds is 7. The molecule has 0 amide bonds. The Hall–Kier alpha value is -2.71. The number of nitrogens with zero attached hydrogens (tertiary/aromatic N) is 2. The van der Waals surface area contributed by atoms with Crippen LogP contribution in [0.4, 0.5) is 17.6 Å². The molecule has 34 heavy (non-hydrogen) atoms. The maximum absolute atomic E-state index is 15.3. The standard InChI is InChI=1S/C20H18BrF4N3O5S/c1-4-19(17-26-27-18(29)32-17,16-12(3)11(2)9-10-13(16)22)28(21)34(30,31)15-8-6-5-7-14(15)33-20(23,24)25/h5-10H,4H2,1-3H3,(H,27,29). The normalized spacial score (nSPS) is 14.3. The Bertz CT molecular complexity index is 1370. The highest BCUT2D eigenvalue weighted by molar-refractivity contribution is 9.08. The number of para-hydroxylation sites is 1. The van der Waals surface area contributed by atoms with E-state index in [1.807, 2.05) is 5.10 Å². The van der Waals surface area contributed by atoms with Gasteiger partial charge in [-0.3, -0.25) is 0 Å². The van der Waals surface area contributed by atoms with Crippen LogP contribution in [-0.2, 0) is 15.6 Å². The summed E-state index contributed by atoms with van der Waals surface area (Å²) in [6.07, 6.45) is -5.42. The monoisotopic (exact) mass is 567 g/mol. The number of aromatic nitrogens is 2. The summed E-state index contributed by atoms with van der Waals surface area (Å²) < 4.78 is 90.8. The Labute approximate surface area is 199 Å². The number of H-pyrrole nitrogens is 1. The molecule has 0 spiro atoms. The zero-order valence-corrected chi connectivity index (χ0v) is 20.3. The minimum atomic E-state index is -5.18. The molecule has 2 aromatic carbocycles. The predicted octanol–water partition coefficient (Wildman–Crippen LogP) is 4.67. The summed E-state index contributed by atoms with van der Waals surface area (Å²) in [5.41, 5.74) is -1.44. The molecular weight excluding hydrogens is 550 g/mol. The molecule has 0 aliphatic heterocycles. The van der Waals surface area contributed by atoms with E-state index in [-0.39, 0.29) is 12.0 Å². The van der Waals surface area contributed by atoms with Gasteiger partial charge in [0.25, 0.3) is 10.0 Å². The van der Waals surface area contributed by atoms with Gasteiger partial charge < -0.3 is 9.15 Å². The van der Waals surface area contributed by atoms with Crippen LogP contribution in [0.25, 0.3) is 0 Å². The molecule has 0 aliphatic rings. The number of nitrogens with one attached hydrogen (secondary N) is 1. The van der Waals surface area contributed by atoms with Crippen LogP contribution in [0.2, 0.25) is 0 Å².